The predicted molar refractivity (Wildman–Crippen MR) is 205 cm³/mol. The van der Waals surface area contributed by atoms with Crippen LogP contribution in [-0.4, -0.2) is 70.8 Å². The molecule has 0 aliphatic heterocycles. The van der Waals surface area contributed by atoms with Gasteiger partial charge < -0.3 is 22.4 Å². The smallest absolute Gasteiger partial charge is 0.305 e. The molecule has 4 saturated carbocycles. The Morgan fingerprint density at radius 3 is 1.72 bits per heavy atom. The summed E-state index contributed by atoms with van der Waals surface area (Å²) in [4.78, 5) is 12.2. The summed E-state index contributed by atoms with van der Waals surface area (Å²) in [6, 6.07) is 0. The highest BCUT2D eigenvalue weighted by atomic mass is 28.4. The van der Waals surface area contributed by atoms with E-state index < -0.39 is 33.3 Å². The van der Waals surface area contributed by atoms with Gasteiger partial charge in [0.2, 0.25) is 0 Å². The van der Waals surface area contributed by atoms with Gasteiger partial charge in [-0.3, -0.25) is 4.79 Å². The minimum atomic E-state index is -1.87. The molecule has 0 N–H and O–H groups in total. The van der Waals surface area contributed by atoms with Crippen LogP contribution in [0.3, 0.4) is 0 Å². The quantitative estimate of drug-likeness (QED) is 0.147. The molecule has 1 unspecified atom stereocenters. The van der Waals surface area contributed by atoms with Gasteiger partial charge in [0, 0.05) is 18.6 Å². The summed E-state index contributed by atoms with van der Waals surface area (Å²) in [7, 11) is -5.75. The average molecular weight is 727 g/mol. The number of hydrogen-bond donors (Lipinski definition) is 0. The van der Waals surface area contributed by atoms with E-state index in [1.165, 1.54) is 20.0 Å². The Bertz CT molecular complexity index is 1090. The number of ether oxygens (including phenoxy) is 1. The summed E-state index contributed by atoms with van der Waals surface area (Å²) < 4.78 is 34.1. The van der Waals surface area contributed by atoms with Crippen molar-refractivity contribution in [1.29, 1.82) is 0 Å². The number of carbonyl (C=O) groups is 1. The van der Waals surface area contributed by atoms with Crippen LogP contribution < -0.4 is 0 Å². The van der Waals surface area contributed by atoms with E-state index in [1.807, 2.05) is 0 Å². The van der Waals surface area contributed by atoms with Crippen LogP contribution in [0.5, 0.6) is 0 Å². The van der Waals surface area contributed by atoms with Crippen LogP contribution in [0.25, 0.3) is 0 Å². The summed E-state index contributed by atoms with van der Waals surface area (Å²) in [5.41, 5.74) is 0.106. The van der Waals surface area contributed by atoms with Crippen LogP contribution in [0.2, 0.25) is 78.6 Å². The summed E-state index contributed by atoms with van der Waals surface area (Å²) in [6.45, 7) is 36.0. The average Bonchev–Trinajstić information content (AvgIpc) is 3.23. The van der Waals surface area contributed by atoms with Crippen molar-refractivity contribution in [3.8, 4) is 0 Å². The molecule has 47 heavy (non-hydrogen) atoms. The van der Waals surface area contributed by atoms with Gasteiger partial charge in [-0.2, -0.15) is 0 Å². The predicted octanol–water partition coefficient (Wildman–Crippen LogP) is 9.94. The Kier molecular flexibility index (Phi) is 11.9. The van der Waals surface area contributed by atoms with Gasteiger partial charge in [0.25, 0.3) is 0 Å². The minimum Gasteiger partial charge on any atom is -0.469 e. The van der Waals surface area contributed by atoms with E-state index in [9.17, 15) is 4.79 Å². The molecular weight excluding hydrogens is 653 g/mol. The first-order valence-electron chi connectivity index (χ1n) is 19.1. The zero-order valence-electron chi connectivity index (χ0n) is 33.4. The zero-order valence-corrected chi connectivity index (χ0v) is 37.4. The summed E-state index contributed by atoms with van der Waals surface area (Å²) in [6.07, 6.45) is 9.09. The van der Waals surface area contributed by atoms with E-state index in [4.69, 9.17) is 22.4 Å². The van der Waals surface area contributed by atoms with E-state index >= 15 is 0 Å². The fourth-order valence-corrected chi connectivity index (χ4v) is 15.9. The lowest BCUT2D eigenvalue weighted by molar-refractivity contribution is -0.224. The lowest BCUT2D eigenvalue weighted by Crippen LogP contribution is -2.68. The fraction of sp³-hybridized carbons (Fsp3) is 0.973. The van der Waals surface area contributed by atoms with Crippen LogP contribution in [0.1, 0.15) is 72.1 Å². The maximum absolute atomic E-state index is 12.2. The number of hydrogen-bond acceptors (Lipinski definition) is 6. The van der Waals surface area contributed by atoms with Gasteiger partial charge in [0.15, 0.2) is 33.3 Å². The third-order valence-electron chi connectivity index (χ3n) is 12.6. The Morgan fingerprint density at radius 2 is 1.21 bits per heavy atom. The van der Waals surface area contributed by atoms with Crippen molar-refractivity contribution in [2.45, 2.75) is 175 Å². The number of esters is 1. The molecule has 0 saturated heterocycles. The van der Waals surface area contributed by atoms with Crippen molar-refractivity contribution in [3.05, 3.63) is 0 Å². The Hall–Kier alpha value is 0.178. The monoisotopic (exact) mass is 726 g/mol. The van der Waals surface area contributed by atoms with Crippen molar-refractivity contribution >= 4 is 39.2 Å². The molecule has 4 aliphatic carbocycles. The largest absolute Gasteiger partial charge is 0.469 e. The SMILES string of the molecule is COC(=O)CC[C@@H](C)[C@H]1CC[C@H]2[C@@H]3[C@H](O[Si](C)(C)C)C[C@@H]4C[C@H](O[Si](C)(C)C)CC(O[Si](C)(C)C)[C@]4(C)[C@H]3C[C@H](O[Si](C)(C)C)[C@]12C. The molecule has 4 rings (SSSR count). The molecule has 0 aromatic rings. The van der Waals surface area contributed by atoms with E-state index in [2.05, 4.69) is 99.3 Å². The molecule has 12 atom stereocenters. The summed E-state index contributed by atoms with van der Waals surface area (Å²) in [5.74, 6) is 2.90. The van der Waals surface area contributed by atoms with Gasteiger partial charge in [0.05, 0.1) is 19.3 Å². The maximum Gasteiger partial charge on any atom is 0.305 e. The van der Waals surface area contributed by atoms with E-state index in [-0.39, 0.29) is 41.2 Å². The molecule has 0 heterocycles. The third kappa shape index (κ3) is 8.98. The first kappa shape index (κ1) is 40.0. The molecule has 0 aromatic heterocycles. The van der Waals surface area contributed by atoms with Gasteiger partial charge in [-0.05, 0) is 170 Å². The third-order valence-corrected chi connectivity index (χ3v) is 16.6. The summed E-state index contributed by atoms with van der Waals surface area (Å²) >= 11 is 0. The Labute approximate surface area is 294 Å². The van der Waals surface area contributed by atoms with E-state index in [0.717, 1.165) is 32.1 Å². The minimum absolute atomic E-state index is 0.0501. The second-order valence-corrected chi connectivity index (χ2v) is 38.3. The van der Waals surface area contributed by atoms with Crippen molar-refractivity contribution in [1.82, 2.24) is 0 Å². The van der Waals surface area contributed by atoms with Crippen molar-refractivity contribution < 1.29 is 27.2 Å². The van der Waals surface area contributed by atoms with Crippen LogP contribution >= 0.6 is 0 Å². The van der Waals surface area contributed by atoms with Crippen molar-refractivity contribution in [3.63, 3.8) is 0 Å². The molecule has 4 fully saturated rings. The number of rotatable bonds is 12. The zero-order chi connectivity index (χ0) is 35.5. The van der Waals surface area contributed by atoms with Gasteiger partial charge in [0.1, 0.15) is 0 Å². The number of carbonyl (C=O) groups excluding carboxylic acids is 1. The lowest BCUT2D eigenvalue weighted by atomic mass is 9.42. The molecule has 10 heteroatoms. The first-order chi connectivity index (χ1) is 21.3. The highest BCUT2D eigenvalue weighted by molar-refractivity contribution is 6.70. The topological polar surface area (TPSA) is 63.2 Å². The normalized spacial score (nSPS) is 40.3. The van der Waals surface area contributed by atoms with Crippen molar-refractivity contribution in [2.24, 2.45) is 46.3 Å². The van der Waals surface area contributed by atoms with Crippen LogP contribution in [0.4, 0.5) is 0 Å². The van der Waals surface area contributed by atoms with Gasteiger partial charge in [-0.15, -0.1) is 0 Å². The van der Waals surface area contributed by atoms with Gasteiger partial charge in [-0.25, -0.2) is 0 Å². The molecule has 0 amide bonds. The molecule has 4 aliphatic rings. The van der Waals surface area contributed by atoms with Gasteiger partial charge >= 0.3 is 5.97 Å². The summed E-state index contributed by atoms with van der Waals surface area (Å²) in [5, 5.41) is 0. The molecular formula is C37H74O6Si4. The maximum atomic E-state index is 12.2. The molecule has 6 nitrogen and oxygen atoms in total. The standard InChI is InChI=1S/C37H74O6Si4/c1-25(17-20-34(38)39-4)28-18-19-29-35-30(24-33(37(28,29)3)43-47(14,15)16)36(2)26(22-31(35)41-45(8,9)10)21-27(40-44(5,6)7)23-32(36)42-46(11,12)13/h25-33,35H,17-24H2,1-16H3/t25-,26+,27+,28-,29+,30+,31-,32?,33+,35+,36+,37-/m1/s1. The fourth-order valence-electron chi connectivity index (χ4n) is 11.1. The Morgan fingerprint density at radius 1 is 0.681 bits per heavy atom. The van der Waals surface area contributed by atoms with Gasteiger partial charge in [-0.1, -0.05) is 20.8 Å². The molecule has 0 aromatic carbocycles. The second-order valence-electron chi connectivity index (χ2n) is 20.5. The molecule has 0 radical (unpaired) electrons. The number of fused-ring (bicyclic) bond motifs is 5. The van der Waals surface area contributed by atoms with Crippen LogP contribution in [-0.2, 0) is 27.2 Å². The molecule has 274 valence electrons. The van der Waals surface area contributed by atoms with Crippen molar-refractivity contribution in [2.75, 3.05) is 7.11 Å². The van der Waals surface area contributed by atoms with E-state index in [1.54, 1.807) is 0 Å². The van der Waals surface area contributed by atoms with Crippen LogP contribution in [0.15, 0.2) is 0 Å². The number of methoxy groups -OCH3 is 1. The lowest BCUT2D eigenvalue weighted by Gasteiger charge is -2.67. The molecule has 0 bridgehead atoms. The van der Waals surface area contributed by atoms with Crippen LogP contribution in [0, 0.1) is 46.3 Å². The van der Waals surface area contributed by atoms with E-state index in [0.29, 0.717) is 41.9 Å². The molecule has 0 spiro atoms. The highest BCUT2D eigenvalue weighted by Crippen LogP contribution is 2.70. The second kappa shape index (κ2) is 14.0. The first-order valence-corrected chi connectivity index (χ1v) is 32.7. The Balaban J connectivity index is 1.83. The highest BCUT2D eigenvalue weighted by Gasteiger charge is 2.69.